The molecule has 68 valence electrons. The summed E-state index contributed by atoms with van der Waals surface area (Å²) < 4.78 is 5.01. The molecule has 0 aliphatic heterocycles. The van der Waals surface area contributed by atoms with Gasteiger partial charge in [-0.15, -0.1) is 11.3 Å². The van der Waals surface area contributed by atoms with Gasteiger partial charge in [-0.25, -0.2) is 0 Å². The van der Waals surface area contributed by atoms with Crippen LogP contribution in [0.25, 0.3) is 0 Å². The fraction of sp³-hybridized carbons (Fsp3) is 0.500. The van der Waals surface area contributed by atoms with E-state index >= 15 is 0 Å². The van der Waals surface area contributed by atoms with Crippen LogP contribution >= 0.6 is 22.9 Å². The summed E-state index contributed by atoms with van der Waals surface area (Å²) in [6.07, 6.45) is 0. The third-order valence-electron chi connectivity index (χ3n) is 1.58. The standard InChI is InChI=1S/C8H12ClNOS/c1-8(10,5-11-2)7-6(9)3-4-12-7/h3-4H,5,10H2,1-2H3. The number of methoxy groups -OCH3 is 1. The van der Waals surface area contributed by atoms with Crippen molar-refractivity contribution in [1.82, 2.24) is 0 Å². The van der Waals surface area contributed by atoms with Gasteiger partial charge < -0.3 is 10.5 Å². The molecule has 0 aromatic carbocycles. The van der Waals surface area contributed by atoms with Crippen LogP contribution in [-0.2, 0) is 10.3 Å². The van der Waals surface area contributed by atoms with Crippen molar-refractivity contribution in [1.29, 1.82) is 0 Å². The van der Waals surface area contributed by atoms with E-state index in [1.807, 2.05) is 18.4 Å². The van der Waals surface area contributed by atoms with Gasteiger partial charge in [0.2, 0.25) is 0 Å². The van der Waals surface area contributed by atoms with E-state index in [-0.39, 0.29) is 0 Å². The molecule has 1 heterocycles. The molecular weight excluding hydrogens is 194 g/mol. The van der Waals surface area contributed by atoms with Crippen LogP contribution in [0.1, 0.15) is 11.8 Å². The Balaban J connectivity index is 2.88. The zero-order valence-corrected chi connectivity index (χ0v) is 8.71. The van der Waals surface area contributed by atoms with Crippen molar-refractivity contribution in [3.05, 3.63) is 21.3 Å². The number of ether oxygens (including phenoxy) is 1. The van der Waals surface area contributed by atoms with Crippen LogP contribution < -0.4 is 5.73 Å². The molecule has 2 N–H and O–H groups in total. The maximum absolute atomic E-state index is 5.99. The van der Waals surface area contributed by atoms with Gasteiger partial charge in [-0.1, -0.05) is 11.6 Å². The van der Waals surface area contributed by atoms with Gasteiger partial charge in [0.15, 0.2) is 0 Å². The SMILES string of the molecule is COCC(C)(N)c1sccc1Cl. The first-order chi connectivity index (χ1) is 5.58. The molecule has 1 unspecified atom stereocenters. The summed E-state index contributed by atoms with van der Waals surface area (Å²) >= 11 is 7.49. The molecular formula is C8H12ClNOS. The lowest BCUT2D eigenvalue weighted by atomic mass is 10.0. The highest BCUT2D eigenvalue weighted by Gasteiger charge is 2.24. The van der Waals surface area contributed by atoms with E-state index in [0.29, 0.717) is 6.61 Å². The Morgan fingerprint density at radius 2 is 2.42 bits per heavy atom. The van der Waals surface area contributed by atoms with Crippen molar-refractivity contribution in [2.24, 2.45) is 5.73 Å². The highest BCUT2D eigenvalue weighted by Crippen LogP contribution is 2.31. The van der Waals surface area contributed by atoms with Crippen LogP contribution in [0, 0.1) is 0 Å². The number of rotatable bonds is 3. The highest BCUT2D eigenvalue weighted by atomic mass is 35.5. The van der Waals surface area contributed by atoms with Crippen LogP contribution in [-0.4, -0.2) is 13.7 Å². The van der Waals surface area contributed by atoms with Gasteiger partial charge in [-0.2, -0.15) is 0 Å². The maximum atomic E-state index is 5.99. The average Bonchev–Trinajstić information content (AvgIpc) is 2.35. The number of thiophene rings is 1. The molecule has 2 nitrogen and oxygen atoms in total. The minimum atomic E-state index is -0.472. The summed E-state index contributed by atoms with van der Waals surface area (Å²) in [5.41, 5.74) is 5.52. The van der Waals surface area contributed by atoms with Crippen molar-refractivity contribution in [2.75, 3.05) is 13.7 Å². The number of nitrogens with two attached hydrogens (primary N) is 1. The highest BCUT2D eigenvalue weighted by molar-refractivity contribution is 7.10. The van der Waals surface area contributed by atoms with Crippen molar-refractivity contribution < 1.29 is 4.74 Å². The molecule has 0 spiro atoms. The van der Waals surface area contributed by atoms with E-state index in [4.69, 9.17) is 22.1 Å². The van der Waals surface area contributed by atoms with Crippen molar-refractivity contribution in [3.8, 4) is 0 Å². The first-order valence-corrected chi connectivity index (χ1v) is 4.85. The lowest BCUT2D eigenvalue weighted by molar-refractivity contribution is 0.142. The van der Waals surface area contributed by atoms with Crippen LogP contribution in [0.3, 0.4) is 0 Å². The summed E-state index contributed by atoms with van der Waals surface area (Å²) in [5, 5.41) is 2.65. The Hall–Kier alpha value is -0.0900. The fourth-order valence-electron chi connectivity index (χ4n) is 1.07. The molecule has 1 atom stereocenters. The zero-order chi connectivity index (χ0) is 9.19. The molecule has 1 aromatic heterocycles. The molecule has 0 saturated carbocycles. The number of hydrogen-bond donors (Lipinski definition) is 1. The Bertz CT molecular complexity index is 259. The van der Waals surface area contributed by atoms with Crippen LogP contribution in [0.2, 0.25) is 5.02 Å². The molecule has 1 rings (SSSR count). The second kappa shape index (κ2) is 3.75. The summed E-state index contributed by atoms with van der Waals surface area (Å²) in [4.78, 5) is 0.978. The van der Waals surface area contributed by atoms with E-state index in [1.165, 1.54) is 0 Å². The summed E-state index contributed by atoms with van der Waals surface area (Å²) in [6.45, 7) is 2.39. The van der Waals surface area contributed by atoms with Crippen molar-refractivity contribution >= 4 is 22.9 Å². The molecule has 1 aromatic rings. The van der Waals surface area contributed by atoms with Gasteiger partial charge >= 0.3 is 0 Å². The summed E-state index contributed by atoms with van der Waals surface area (Å²) in [6, 6.07) is 1.85. The van der Waals surface area contributed by atoms with E-state index in [0.717, 1.165) is 9.90 Å². The van der Waals surface area contributed by atoms with Gasteiger partial charge in [0.25, 0.3) is 0 Å². The molecule has 12 heavy (non-hydrogen) atoms. The van der Waals surface area contributed by atoms with Gasteiger partial charge in [0.1, 0.15) is 0 Å². The smallest absolute Gasteiger partial charge is 0.0726 e. The number of hydrogen-bond acceptors (Lipinski definition) is 3. The third-order valence-corrected chi connectivity index (χ3v) is 3.20. The Kier molecular flexibility index (Phi) is 3.12. The van der Waals surface area contributed by atoms with Crippen molar-refractivity contribution in [2.45, 2.75) is 12.5 Å². The molecule has 0 amide bonds. The third kappa shape index (κ3) is 1.98. The predicted molar refractivity (Wildman–Crippen MR) is 52.7 cm³/mol. The molecule has 0 bridgehead atoms. The Labute approximate surface area is 81.3 Å². The van der Waals surface area contributed by atoms with Crippen LogP contribution in [0.15, 0.2) is 11.4 Å². The van der Waals surface area contributed by atoms with E-state index in [2.05, 4.69) is 0 Å². The van der Waals surface area contributed by atoms with Gasteiger partial charge in [0.05, 0.1) is 17.2 Å². The topological polar surface area (TPSA) is 35.2 Å². The quantitative estimate of drug-likeness (QED) is 0.822. The van der Waals surface area contributed by atoms with Gasteiger partial charge in [-0.05, 0) is 18.4 Å². The molecule has 0 aliphatic carbocycles. The minimum absolute atomic E-state index is 0.472. The monoisotopic (exact) mass is 205 g/mol. The molecule has 0 fully saturated rings. The fourth-order valence-corrected chi connectivity index (χ4v) is 2.40. The average molecular weight is 206 g/mol. The van der Waals surface area contributed by atoms with E-state index in [1.54, 1.807) is 18.4 Å². The number of halogens is 1. The predicted octanol–water partition coefficient (Wildman–Crippen LogP) is 2.22. The largest absolute Gasteiger partial charge is 0.382 e. The second-order valence-corrected chi connectivity index (χ2v) is 4.27. The van der Waals surface area contributed by atoms with Crippen LogP contribution in [0.5, 0.6) is 0 Å². The van der Waals surface area contributed by atoms with E-state index < -0.39 is 5.54 Å². The van der Waals surface area contributed by atoms with Crippen LogP contribution in [0.4, 0.5) is 0 Å². The summed E-state index contributed by atoms with van der Waals surface area (Å²) in [5.74, 6) is 0. The molecule has 4 heteroatoms. The molecule has 0 aliphatic rings. The lowest BCUT2D eigenvalue weighted by Crippen LogP contribution is -2.37. The maximum Gasteiger partial charge on any atom is 0.0726 e. The Morgan fingerprint density at radius 3 is 2.83 bits per heavy atom. The lowest BCUT2D eigenvalue weighted by Gasteiger charge is -2.22. The molecule has 0 radical (unpaired) electrons. The van der Waals surface area contributed by atoms with Gasteiger partial charge in [0, 0.05) is 12.0 Å². The normalized spacial score (nSPS) is 16.0. The Morgan fingerprint density at radius 1 is 1.75 bits per heavy atom. The summed E-state index contributed by atoms with van der Waals surface area (Å²) in [7, 11) is 1.63. The van der Waals surface area contributed by atoms with E-state index in [9.17, 15) is 0 Å². The molecule has 0 saturated heterocycles. The second-order valence-electron chi connectivity index (χ2n) is 2.95. The minimum Gasteiger partial charge on any atom is -0.382 e. The zero-order valence-electron chi connectivity index (χ0n) is 7.13. The first-order valence-electron chi connectivity index (χ1n) is 3.59. The first kappa shape index (κ1) is 9.99. The van der Waals surface area contributed by atoms with Crippen molar-refractivity contribution in [3.63, 3.8) is 0 Å². The van der Waals surface area contributed by atoms with Gasteiger partial charge in [-0.3, -0.25) is 0 Å².